The fourth-order valence-corrected chi connectivity index (χ4v) is 9.74. The van der Waals surface area contributed by atoms with Gasteiger partial charge in [0.25, 0.3) is 0 Å². The molecular weight excluding hydrogens is 875 g/mol. The van der Waals surface area contributed by atoms with Crippen LogP contribution in [0.2, 0.25) is 0 Å². The summed E-state index contributed by atoms with van der Waals surface area (Å²) < 4.78 is 53.2. The molecule has 0 aliphatic heterocycles. The normalized spacial score (nSPS) is 13.7. The van der Waals surface area contributed by atoms with Crippen LogP contribution in [0.15, 0.2) is 188 Å². The molecule has 0 spiro atoms. The summed E-state index contributed by atoms with van der Waals surface area (Å²) in [5.41, 5.74) is 15.1. The average Bonchev–Trinajstić information content (AvgIpc) is 4.01. The number of nitrogens with zero attached hydrogens (tertiary/aromatic N) is 3. The number of phenols is 1. The Labute approximate surface area is 435 Å². The van der Waals surface area contributed by atoms with Crippen molar-refractivity contribution in [2.24, 2.45) is 0 Å². The second-order valence-corrected chi connectivity index (χ2v) is 22.1. The van der Waals surface area contributed by atoms with E-state index in [0.29, 0.717) is 33.7 Å². The second-order valence-electron chi connectivity index (χ2n) is 22.1. The number of imidazole rings is 1. The van der Waals surface area contributed by atoms with Crippen LogP contribution in [0.3, 0.4) is 0 Å². The van der Waals surface area contributed by atoms with E-state index in [1.165, 1.54) is 0 Å². The molecule has 0 unspecified atom stereocenters. The molecule has 0 bridgehead atoms. The van der Waals surface area contributed by atoms with Crippen molar-refractivity contribution in [1.82, 2.24) is 14.5 Å². The van der Waals surface area contributed by atoms with Crippen LogP contribution in [0, 0.1) is 13.7 Å². The molecule has 2 heterocycles. The van der Waals surface area contributed by atoms with Crippen molar-refractivity contribution in [2.45, 2.75) is 92.3 Å². The van der Waals surface area contributed by atoms with Crippen LogP contribution >= 0.6 is 0 Å². The van der Waals surface area contributed by atoms with Crippen LogP contribution < -0.4 is 0 Å². The zero-order valence-corrected chi connectivity index (χ0v) is 42.7. The van der Waals surface area contributed by atoms with Gasteiger partial charge in [-0.15, -0.1) is 0 Å². The number of aryl methyl sites for hydroxylation is 2. The van der Waals surface area contributed by atoms with Crippen LogP contribution in [0.5, 0.6) is 5.75 Å². The summed E-state index contributed by atoms with van der Waals surface area (Å²) in [6.07, 6.45) is 1.78. The summed E-state index contributed by atoms with van der Waals surface area (Å²) >= 11 is 0. The molecule has 0 saturated heterocycles. The van der Waals surface area contributed by atoms with Crippen molar-refractivity contribution >= 4 is 11.0 Å². The van der Waals surface area contributed by atoms with Gasteiger partial charge in [-0.25, -0.2) is 4.98 Å². The molecule has 1 N–H and O–H groups in total. The summed E-state index contributed by atoms with van der Waals surface area (Å²) in [5.74, 6) is 0.565. The van der Waals surface area contributed by atoms with Crippen molar-refractivity contribution in [3.05, 3.63) is 216 Å². The lowest BCUT2D eigenvalue weighted by Gasteiger charge is -2.28. The number of pyridine rings is 1. The van der Waals surface area contributed by atoms with E-state index in [2.05, 4.69) is 134 Å². The molecule has 0 aliphatic carbocycles. The van der Waals surface area contributed by atoms with Gasteiger partial charge in [0, 0.05) is 36.7 Å². The molecule has 4 heteroatoms. The third kappa shape index (κ3) is 9.30. The fourth-order valence-electron chi connectivity index (χ4n) is 9.74. The van der Waals surface area contributed by atoms with Crippen molar-refractivity contribution in [3.8, 4) is 89.7 Å². The van der Waals surface area contributed by atoms with Gasteiger partial charge in [-0.3, -0.25) is 9.55 Å². The van der Waals surface area contributed by atoms with Gasteiger partial charge in [-0.2, -0.15) is 0 Å². The molecule has 4 nitrogen and oxygen atoms in total. The molecule has 0 fully saturated rings. The first-order valence-corrected chi connectivity index (χ1v) is 24.8. The fraction of sp³-hybridized carbons (Fsp3) is 0.206. The Balaban J connectivity index is 1.30. The minimum Gasteiger partial charge on any atom is -0.507 e. The number of hydrogen-bond acceptors (Lipinski definition) is 3. The summed E-state index contributed by atoms with van der Waals surface area (Å²) in [7, 11) is 0. The average molecular weight is 946 g/mol. The van der Waals surface area contributed by atoms with Crippen LogP contribution in [0.1, 0.15) is 98.4 Å². The van der Waals surface area contributed by atoms with Gasteiger partial charge in [0.05, 0.1) is 28.0 Å². The molecule has 10 aromatic rings. The predicted molar refractivity (Wildman–Crippen MR) is 304 cm³/mol. The number of aromatic hydroxyl groups is 1. The first kappa shape index (κ1) is 40.9. The van der Waals surface area contributed by atoms with Crippen molar-refractivity contribution in [2.75, 3.05) is 0 Å². The first-order chi connectivity index (χ1) is 36.7. The highest BCUT2D eigenvalue weighted by atomic mass is 16.3. The van der Waals surface area contributed by atoms with Crippen LogP contribution in [0.4, 0.5) is 0 Å². The highest BCUT2D eigenvalue weighted by molar-refractivity contribution is 5.99. The maximum atomic E-state index is 12.8. The minimum atomic E-state index is -2.52. The van der Waals surface area contributed by atoms with E-state index in [-0.39, 0.29) is 27.7 Å². The van der Waals surface area contributed by atoms with E-state index in [1.54, 1.807) is 18.3 Å². The SMILES string of the molecule is [2H]C([2H])([2H])c1ccc(-c2ccnc(-c3cc(-c4ccccc4)cc(-c4cccc5c4nc(-c4cc(C(C)(C)C)cc(C(C)(C)C)c4O)n5-c4cc(C([2H])([2H])[2H])c(-c5ccccc5)cc4-c4ccc(C(C)(C)C)cc4)c3)c2)cc1. The first-order valence-electron chi connectivity index (χ1n) is 27.8. The highest BCUT2D eigenvalue weighted by Crippen LogP contribution is 2.47. The van der Waals surface area contributed by atoms with Gasteiger partial charge in [-0.05, 0) is 146 Å². The minimum absolute atomic E-state index is 0.106. The van der Waals surface area contributed by atoms with Gasteiger partial charge in [0.2, 0.25) is 0 Å². The third-order valence-electron chi connectivity index (χ3n) is 13.9. The van der Waals surface area contributed by atoms with E-state index in [0.717, 1.165) is 78.0 Å². The van der Waals surface area contributed by atoms with Crippen LogP contribution in [-0.2, 0) is 16.2 Å². The number of para-hydroxylation sites is 1. The molecular formula is C68H65N3O. The zero-order chi connectivity index (χ0) is 55.7. The predicted octanol–water partition coefficient (Wildman–Crippen LogP) is 18.3. The number of phenolic OH excluding ortho intramolecular Hbond substituents is 1. The maximum absolute atomic E-state index is 12.8. The Morgan fingerprint density at radius 1 is 0.444 bits per heavy atom. The van der Waals surface area contributed by atoms with Gasteiger partial charge < -0.3 is 5.11 Å². The van der Waals surface area contributed by atoms with Gasteiger partial charge in [-0.1, -0.05) is 195 Å². The smallest absolute Gasteiger partial charge is 0.149 e. The lowest BCUT2D eigenvalue weighted by Crippen LogP contribution is -2.17. The maximum Gasteiger partial charge on any atom is 0.149 e. The molecule has 2 aromatic heterocycles. The standard InChI is InChI=1S/C68H65N3O/c1-43-25-27-46(28-26-43)49-33-34-69-60(39-49)52-37-50(45-19-14-12-15-20-45)36-51(38-52)55-23-18-24-61-63(55)70-65(58-40-54(67(6,7)8)41-59(64(58)72)68(9,10)11)71(61)62-35-44(2)56(47-21-16-13-17-22-47)42-57(62)48-29-31-53(32-30-48)66(3,4)5/h12-42,72H,1-11H3/i1D3,2D3. The summed E-state index contributed by atoms with van der Waals surface area (Å²) in [5, 5.41) is 12.8. The van der Waals surface area contributed by atoms with Crippen molar-refractivity contribution in [1.29, 1.82) is 0 Å². The van der Waals surface area contributed by atoms with Gasteiger partial charge in [0.15, 0.2) is 0 Å². The van der Waals surface area contributed by atoms with E-state index in [4.69, 9.17) is 18.2 Å². The van der Waals surface area contributed by atoms with Crippen molar-refractivity contribution < 1.29 is 13.3 Å². The van der Waals surface area contributed by atoms with E-state index >= 15 is 0 Å². The third-order valence-corrected chi connectivity index (χ3v) is 13.9. The summed E-state index contributed by atoms with van der Waals surface area (Å²) in [4.78, 5) is 10.6. The largest absolute Gasteiger partial charge is 0.507 e. The Bertz CT molecular complexity index is 3850. The summed E-state index contributed by atoms with van der Waals surface area (Å²) in [6.45, 7) is 14.6. The van der Waals surface area contributed by atoms with E-state index in [1.807, 2.05) is 103 Å². The number of benzene rings is 8. The molecule has 72 heavy (non-hydrogen) atoms. The lowest BCUT2D eigenvalue weighted by atomic mass is 9.79. The van der Waals surface area contributed by atoms with Crippen LogP contribution in [-0.4, -0.2) is 19.6 Å². The highest BCUT2D eigenvalue weighted by Gasteiger charge is 2.30. The number of hydrogen-bond donors (Lipinski definition) is 1. The molecule has 358 valence electrons. The lowest BCUT2D eigenvalue weighted by molar-refractivity contribution is 0.446. The molecule has 0 amide bonds. The van der Waals surface area contributed by atoms with E-state index < -0.39 is 19.1 Å². The zero-order valence-electron chi connectivity index (χ0n) is 48.7. The van der Waals surface area contributed by atoms with E-state index in [9.17, 15) is 5.11 Å². The van der Waals surface area contributed by atoms with Gasteiger partial charge in [0.1, 0.15) is 11.6 Å². The second kappa shape index (κ2) is 18.4. The quantitative estimate of drug-likeness (QED) is 0.165. The Kier molecular flexibility index (Phi) is 10.5. The van der Waals surface area contributed by atoms with Crippen LogP contribution in [0.25, 0.3) is 95.0 Å². The number of aromatic nitrogens is 3. The molecule has 0 radical (unpaired) electrons. The number of fused-ring (bicyclic) bond motifs is 1. The Morgan fingerprint density at radius 3 is 1.72 bits per heavy atom. The number of rotatable bonds is 8. The molecule has 10 rings (SSSR count). The molecule has 8 aromatic carbocycles. The molecule has 0 aliphatic rings. The van der Waals surface area contributed by atoms with Crippen molar-refractivity contribution in [3.63, 3.8) is 0 Å². The van der Waals surface area contributed by atoms with Gasteiger partial charge >= 0.3 is 0 Å². The monoisotopic (exact) mass is 946 g/mol. The molecule has 0 saturated carbocycles. The molecule has 0 atom stereocenters. The summed E-state index contributed by atoms with van der Waals surface area (Å²) in [6, 6.07) is 59.9. The Morgan fingerprint density at radius 2 is 1.07 bits per heavy atom. The topological polar surface area (TPSA) is 50.9 Å². The Hall–Kier alpha value is -7.82.